The number of ether oxygens (including phenoxy) is 1. The van der Waals surface area contributed by atoms with E-state index in [-0.39, 0.29) is 17.6 Å². The summed E-state index contributed by atoms with van der Waals surface area (Å²) < 4.78 is 6.88. The van der Waals surface area contributed by atoms with Crippen LogP contribution in [0.2, 0.25) is 0 Å². The number of benzene rings is 1. The first-order valence-corrected chi connectivity index (χ1v) is 14.1. The van der Waals surface area contributed by atoms with Gasteiger partial charge < -0.3 is 14.7 Å². The first-order valence-electron chi connectivity index (χ1n) is 12.2. The number of carbonyl (C=O) groups excluding carboxylic acids is 1. The number of rotatable bonds is 16. The monoisotopic (exact) mass is 506 g/mol. The van der Waals surface area contributed by atoms with E-state index in [1.54, 1.807) is 0 Å². The number of thioether (sulfide) groups is 1. The standard InChI is InChI=1S/C26H38N2O4S2/c1-5-7-8-9-10-11-21-13-12-19(3)23(16-21)32-17-20(4)28(24(29)6-2)14-15-33-26-27-22(18-34-26)25(30)31/h12-13,16,18,20H,5-11,14-15,17H2,1-4H3,(H,30,31)/t20-/m1/s1. The van der Waals surface area contributed by atoms with Gasteiger partial charge in [-0.1, -0.05) is 63.4 Å². The van der Waals surface area contributed by atoms with E-state index in [0.717, 1.165) is 17.7 Å². The largest absolute Gasteiger partial charge is 0.491 e. The fourth-order valence-corrected chi connectivity index (χ4v) is 5.44. The Morgan fingerprint density at radius 1 is 1.21 bits per heavy atom. The molecule has 188 valence electrons. The summed E-state index contributed by atoms with van der Waals surface area (Å²) in [5, 5.41) is 10.6. The molecule has 1 N–H and O–H groups in total. The molecule has 0 fully saturated rings. The van der Waals surface area contributed by atoms with E-state index in [2.05, 4.69) is 37.0 Å². The van der Waals surface area contributed by atoms with Gasteiger partial charge in [0.15, 0.2) is 10.0 Å². The van der Waals surface area contributed by atoms with Crippen LogP contribution in [0.4, 0.5) is 0 Å². The molecule has 8 heteroatoms. The van der Waals surface area contributed by atoms with Crippen molar-refractivity contribution in [3.8, 4) is 5.75 Å². The van der Waals surface area contributed by atoms with Crippen molar-refractivity contribution in [2.24, 2.45) is 0 Å². The molecule has 34 heavy (non-hydrogen) atoms. The van der Waals surface area contributed by atoms with Crippen LogP contribution in [0.15, 0.2) is 27.9 Å². The van der Waals surface area contributed by atoms with Gasteiger partial charge in [0.1, 0.15) is 12.4 Å². The summed E-state index contributed by atoms with van der Waals surface area (Å²) in [5.41, 5.74) is 2.46. The molecular formula is C26H38N2O4S2. The molecule has 0 aliphatic rings. The van der Waals surface area contributed by atoms with Crippen LogP contribution in [0.5, 0.6) is 5.75 Å². The van der Waals surface area contributed by atoms with Gasteiger partial charge in [-0.05, 0) is 43.9 Å². The normalized spacial score (nSPS) is 11.9. The van der Waals surface area contributed by atoms with Gasteiger partial charge in [-0.25, -0.2) is 9.78 Å². The quantitative estimate of drug-likeness (QED) is 0.208. The summed E-state index contributed by atoms with van der Waals surface area (Å²) in [5.74, 6) is 0.599. The molecule has 0 radical (unpaired) electrons. The molecule has 0 bridgehead atoms. The molecule has 1 aromatic carbocycles. The highest BCUT2D eigenvalue weighted by atomic mass is 32.2. The van der Waals surface area contributed by atoms with Gasteiger partial charge in [0.05, 0.1) is 6.04 Å². The number of amides is 1. The number of carboxylic acids is 1. The Balaban J connectivity index is 1.89. The predicted octanol–water partition coefficient (Wildman–Crippen LogP) is 6.46. The molecule has 6 nitrogen and oxygen atoms in total. The molecule has 1 amide bonds. The lowest BCUT2D eigenvalue weighted by atomic mass is 10.0. The van der Waals surface area contributed by atoms with E-state index in [9.17, 15) is 9.59 Å². The highest BCUT2D eigenvalue weighted by Crippen LogP contribution is 2.24. The number of aryl methyl sites for hydroxylation is 2. The highest BCUT2D eigenvalue weighted by molar-refractivity contribution is 8.01. The summed E-state index contributed by atoms with van der Waals surface area (Å²) in [6, 6.07) is 6.37. The van der Waals surface area contributed by atoms with Crippen LogP contribution in [0, 0.1) is 6.92 Å². The second kappa shape index (κ2) is 15.0. The van der Waals surface area contributed by atoms with E-state index < -0.39 is 5.97 Å². The van der Waals surface area contributed by atoms with Crippen molar-refractivity contribution in [3.63, 3.8) is 0 Å². The van der Waals surface area contributed by atoms with Crippen LogP contribution < -0.4 is 4.74 Å². The SMILES string of the molecule is CCCCCCCc1ccc(C)c(OC[C@@H](C)N(CCSc2nc(C(=O)O)cs2)C(=O)CC)c1. The Hall–Kier alpha value is -2.06. The van der Waals surface area contributed by atoms with Crippen molar-refractivity contribution in [2.75, 3.05) is 18.9 Å². The van der Waals surface area contributed by atoms with Gasteiger partial charge in [0, 0.05) is 24.1 Å². The third kappa shape index (κ3) is 9.29. The van der Waals surface area contributed by atoms with Crippen LogP contribution in [0.3, 0.4) is 0 Å². The minimum absolute atomic E-state index is 0.0642. The van der Waals surface area contributed by atoms with Gasteiger partial charge >= 0.3 is 5.97 Å². The summed E-state index contributed by atoms with van der Waals surface area (Å²) in [4.78, 5) is 29.5. The average Bonchev–Trinajstić information content (AvgIpc) is 3.30. The molecule has 0 saturated carbocycles. The van der Waals surface area contributed by atoms with Gasteiger partial charge in [0.25, 0.3) is 0 Å². The molecular weight excluding hydrogens is 468 g/mol. The number of carbonyl (C=O) groups is 2. The Labute approximate surface area is 212 Å². The Bertz CT molecular complexity index is 916. The van der Waals surface area contributed by atoms with Crippen molar-refractivity contribution in [1.82, 2.24) is 9.88 Å². The maximum atomic E-state index is 12.6. The Morgan fingerprint density at radius 3 is 2.65 bits per heavy atom. The Morgan fingerprint density at radius 2 is 1.97 bits per heavy atom. The molecule has 0 aliphatic heterocycles. The Kier molecular flexibility index (Phi) is 12.5. The molecule has 1 heterocycles. The predicted molar refractivity (Wildman–Crippen MR) is 140 cm³/mol. The number of aromatic carboxylic acids is 1. The highest BCUT2D eigenvalue weighted by Gasteiger charge is 2.20. The maximum Gasteiger partial charge on any atom is 0.355 e. The van der Waals surface area contributed by atoms with E-state index in [0.29, 0.717) is 29.7 Å². The minimum atomic E-state index is -1.02. The lowest BCUT2D eigenvalue weighted by molar-refractivity contribution is -0.133. The average molecular weight is 507 g/mol. The van der Waals surface area contributed by atoms with E-state index in [1.807, 2.05) is 18.7 Å². The lowest BCUT2D eigenvalue weighted by Gasteiger charge is -2.29. The number of hydrogen-bond donors (Lipinski definition) is 1. The van der Waals surface area contributed by atoms with Gasteiger partial charge in [0.2, 0.25) is 5.91 Å². The first kappa shape index (κ1) is 28.2. The minimum Gasteiger partial charge on any atom is -0.491 e. The zero-order chi connectivity index (χ0) is 24.9. The first-order chi connectivity index (χ1) is 16.3. The maximum absolute atomic E-state index is 12.6. The van der Waals surface area contributed by atoms with Crippen LogP contribution in [-0.2, 0) is 11.2 Å². The number of carboxylic acid groups (broad SMARTS) is 1. The molecule has 1 aromatic heterocycles. The second-order valence-electron chi connectivity index (χ2n) is 8.52. The van der Waals surface area contributed by atoms with Crippen molar-refractivity contribution in [2.45, 2.75) is 83.0 Å². The van der Waals surface area contributed by atoms with Crippen LogP contribution >= 0.6 is 23.1 Å². The number of hydrogen-bond acceptors (Lipinski definition) is 6. The van der Waals surface area contributed by atoms with E-state index in [1.165, 1.54) is 66.1 Å². The molecule has 0 unspecified atom stereocenters. The zero-order valence-corrected chi connectivity index (χ0v) is 22.5. The van der Waals surface area contributed by atoms with Crippen LogP contribution in [-0.4, -0.2) is 51.8 Å². The summed E-state index contributed by atoms with van der Waals surface area (Å²) in [6.45, 7) is 9.14. The molecule has 1 atom stereocenters. The number of aromatic nitrogens is 1. The van der Waals surface area contributed by atoms with E-state index in [4.69, 9.17) is 9.84 Å². The molecule has 0 spiro atoms. The smallest absolute Gasteiger partial charge is 0.355 e. The summed E-state index contributed by atoms with van der Waals surface area (Å²) in [7, 11) is 0. The van der Waals surface area contributed by atoms with Crippen LogP contribution in [0.25, 0.3) is 0 Å². The van der Waals surface area contributed by atoms with Gasteiger partial charge in [-0.3, -0.25) is 4.79 Å². The third-order valence-electron chi connectivity index (χ3n) is 5.72. The molecule has 2 aromatic rings. The zero-order valence-electron chi connectivity index (χ0n) is 20.8. The topological polar surface area (TPSA) is 79.7 Å². The van der Waals surface area contributed by atoms with E-state index >= 15 is 0 Å². The molecule has 0 saturated heterocycles. The van der Waals surface area contributed by atoms with Gasteiger partial charge in [-0.2, -0.15) is 0 Å². The second-order valence-corrected chi connectivity index (χ2v) is 10.7. The third-order valence-corrected chi connectivity index (χ3v) is 7.72. The molecule has 2 rings (SSSR count). The number of unbranched alkanes of at least 4 members (excludes halogenated alkanes) is 4. The van der Waals surface area contributed by atoms with Crippen molar-refractivity contribution in [3.05, 3.63) is 40.4 Å². The van der Waals surface area contributed by atoms with Crippen molar-refractivity contribution in [1.29, 1.82) is 0 Å². The lowest BCUT2D eigenvalue weighted by Crippen LogP contribution is -2.43. The summed E-state index contributed by atoms with van der Waals surface area (Å²) in [6.07, 6.45) is 7.82. The van der Waals surface area contributed by atoms with Crippen molar-refractivity contribution >= 4 is 35.0 Å². The van der Waals surface area contributed by atoms with Crippen LogP contribution in [0.1, 0.15) is 80.9 Å². The summed E-state index contributed by atoms with van der Waals surface area (Å²) >= 11 is 2.79. The number of thiazole rings is 1. The fourth-order valence-electron chi connectivity index (χ4n) is 3.64. The van der Waals surface area contributed by atoms with Gasteiger partial charge in [-0.15, -0.1) is 11.3 Å². The molecule has 0 aliphatic carbocycles. The number of nitrogens with zero attached hydrogens (tertiary/aromatic N) is 2. The fraction of sp³-hybridized carbons (Fsp3) is 0.577. The van der Waals surface area contributed by atoms with Crippen molar-refractivity contribution < 1.29 is 19.4 Å².